The maximum Gasteiger partial charge on any atom is 0.255 e. The van der Waals surface area contributed by atoms with Gasteiger partial charge >= 0.3 is 0 Å². The van der Waals surface area contributed by atoms with Gasteiger partial charge in [0.1, 0.15) is 5.01 Å². The topological polar surface area (TPSA) is 85.1 Å². The molecule has 0 bridgehead atoms. The van der Waals surface area contributed by atoms with Crippen LogP contribution in [0.4, 0.5) is 11.4 Å². The summed E-state index contributed by atoms with van der Waals surface area (Å²) in [4.78, 5) is 29.2. The predicted molar refractivity (Wildman–Crippen MR) is 107 cm³/mol. The molecule has 0 spiro atoms. The van der Waals surface area contributed by atoms with E-state index < -0.39 is 0 Å². The van der Waals surface area contributed by atoms with Crippen LogP contribution in [0.25, 0.3) is 0 Å². The maximum atomic E-state index is 12.5. The molecule has 0 radical (unpaired) electrons. The fraction of sp³-hybridized carbons (Fsp3) is 0.190. The summed E-state index contributed by atoms with van der Waals surface area (Å²) in [6.07, 6.45) is 3.67. The summed E-state index contributed by atoms with van der Waals surface area (Å²) in [6, 6.07) is 14.8. The van der Waals surface area contributed by atoms with Crippen molar-refractivity contribution >= 4 is 34.4 Å². The van der Waals surface area contributed by atoms with Crippen molar-refractivity contribution in [1.29, 1.82) is 0 Å². The lowest BCUT2D eigenvalue weighted by molar-refractivity contribution is 0.101. The van der Waals surface area contributed by atoms with Gasteiger partial charge in [-0.25, -0.2) is 4.98 Å². The summed E-state index contributed by atoms with van der Waals surface area (Å²) in [5.41, 5.74) is 8.60. The minimum Gasteiger partial charge on any atom is -0.397 e. The first-order valence-corrected chi connectivity index (χ1v) is 9.55. The fourth-order valence-electron chi connectivity index (χ4n) is 3.16. The van der Waals surface area contributed by atoms with E-state index in [9.17, 15) is 9.59 Å². The Balaban J connectivity index is 1.54. The fourth-order valence-corrected chi connectivity index (χ4v) is 4.24. The number of aromatic nitrogens is 1. The Morgan fingerprint density at radius 2 is 1.81 bits per heavy atom. The van der Waals surface area contributed by atoms with Crippen LogP contribution in [-0.2, 0) is 5.41 Å². The molecule has 1 aromatic heterocycles. The number of thiazole rings is 1. The van der Waals surface area contributed by atoms with Crippen molar-refractivity contribution in [3.8, 4) is 0 Å². The average Bonchev–Trinajstić information content (AvgIpc) is 3.32. The zero-order valence-corrected chi connectivity index (χ0v) is 15.7. The second-order valence-corrected chi connectivity index (χ2v) is 7.82. The molecule has 6 heteroatoms. The predicted octanol–water partition coefficient (Wildman–Crippen LogP) is 4.26. The monoisotopic (exact) mass is 377 g/mol. The number of carbonyl (C=O) groups is 2. The molecule has 136 valence electrons. The van der Waals surface area contributed by atoms with E-state index in [0.29, 0.717) is 21.8 Å². The van der Waals surface area contributed by atoms with Crippen molar-refractivity contribution in [3.05, 3.63) is 75.7 Å². The van der Waals surface area contributed by atoms with Gasteiger partial charge in [-0.1, -0.05) is 24.3 Å². The number of hydrogen-bond acceptors (Lipinski definition) is 5. The largest absolute Gasteiger partial charge is 0.397 e. The van der Waals surface area contributed by atoms with Gasteiger partial charge in [-0.05, 0) is 42.7 Å². The van der Waals surface area contributed by atoms with E-state index in [1.54, 1.807) is 25.3 Å². The quantitative estimate of drug-likeness (QED) is 0.514. The van der Waals surface area contributed by atoms with E-state index in [-0.39, 0.29) is 17.1 Å². The number of ketones is 1. The van der Waals surface area contributed by atoms with Crippen LogP contribution in [0.1, 0.15) is 50.4 Å². The molecule has 1 heterocycles. The smallest absolute Gasteiger partial charge is 0.255 e. The number of hydrogen-bond donors (Lipinski definition) is 2. The third kappa shape index (κ3) is 3.24. The molecule has 5 nitrogen and oxygen atoms in total. The van der Waals surface area contributed by atoms with E-state index in [1.165, 1.54) is 11.3 Å². The molecule has 3 aromatic rings. The number of benzene rings is 2. The molecule has 1 fully saturated rings. The number of nitrogens with zero attached hydrogens (tertiary/aromatic N) is 1. The zero-order valence-electron chi connectivity index (χ0n) is 14.9. The summed E-state index contributed by atoms with van der Waals surface area (Å²) < 4.78 is 0. The summed E-state index contributed by atoms with van der Waals surface area (Å²) in [7, 11) is 0. The molecule has 1 aliphatic rings. The van der Waals surface area contributed by atoms with Gasteiger partial charge in [0, 0.05) is 24.1 Å². The van der Waals surface area contributed by atoms with Crippen LogP contribution >= 0.6 is 11.3 Å². The van der Waals surface area contributed by atoms with Crippen molar-refractivity contribution < 1.29 is 9.59 Å². The average molecular weight is 377 g/mol. The van der Waals surface area contributed by atoms with Crippen molar-refractivity contribution in [2.75, 3.05) is 11.1 Å². The molecule has 2 aromatic carbocycles. The highest BCUT2D eigenvalue weighted by molar-refractivity contribution is 7.13. The molecule has 3 N–H and O–H groups in total. The second kappa shape index (κ2) is 6.63. The Morgan fingerprint density at radius 3 is 2.41 bits per heavy atom. The number of para-hydroxylation sites is 2. The first-order chi connectivity index (χ1) is 13.0. The van der Waals surface area contributed by atoms with Gasteiger partial charge in [0.15, 0.2) is 5.78 Å². The van der Waals surface area contributed by atoms with Crippen molar-refractivity contribution in [3.63, 3.8) is 0 Å². The number of carbonyl (C=O) groups excluding carboxylic acids is 2. The lowest BCUT2D eigenvalue weighted by atomic mass is 9.95. The van der Waals surface area contributed by atoms with Crippen LogP contribution in [0.3, 0.4) is 0 Å². The third-order valence-electron chi connectivity index (χ3n) is 4.92. The number of nitrogens with two attached hydrogens (primary N) is 1. The van der Waals surface area contributed by atoms with Gasteiger partial charge in [0.25, 0.3) is 5.91 Å². The molecule has 27 heavy (non-hydrogen) atoms. The first-order valence-electron chi connectivity index (χ1n) is 8.73. The highest BCUT2D eigenvalue weighted by Crippen LogP contribution is 2.54. The Kier molecular flexibility index (Phi) is 4.28. The normalized spacial score (nSPS) is 14.6. The lowest BCUT2D eigenvalue weighted by Gasteiger charge is -2.13. The minimum absolute atomic E-state index is 0.0433. The molecule has 0 saturated heterocycles. The molecule has 1 saturated carbocycles. The number of nitrogens with one attached hydrogen (secondary N) is 1. The molecule has 4 rings (SSSR count). The number of anilines is 2. The molecule has 0 aliphatic heterocycles. The Morgan fingerprint density at radius 1 is 1.11 bits per heavy atom. The second-order valence-electron chi connectivity index (χ2n) is 6.79. The zero-order chi connectivity index (χ0) is 19.0. The van der Waals surface area contributed by atoms with E-state index in [0.717, 1.165) is 23.4 Å². The standard InChI is InChI=1S/C21H19N3O2S/c1-13(25)18-12-23-20(27-18)21(10-11-21)15-8-6-14(7-9-15)19(26)24-17-5-3-2-4-16(17)22/h2-9,12H,10-11,22H2,1H3,(H,24,26). The number of nitrogen functional groups attached to an aromatic ring is 1. The Hall–Kier alpha value is -2.99. The molecule has 0 atom stereocenters. The van der Waals surface area contributed by atoms with Crippen LogP contribution < -0.4 is 11.1 Å². The molecule has 1 aliphatic carbocycles. The van der Waals surface area contributed by atoms with Crippen LogP contribution in [0.15, 0.2) is 54.7 Å². The molecule has 1 amide bonds. The van der Waals surface area contributed by atoms with Gasteiger partial charge < -0.3 is 11.1 Å². The summed E-state index contributed by atoms with van der Waals surface area (Å²) in [5.74, 6) is -0.154. The summed E-state index contributed by atoms with van der Waals surface area (Å²) in [5, 5.41) is 3.81. The number of Topliss-reactive ketones (excluding diaryl/α,β-unsaturated/α-hetero) is 1. The molecule has 0 unspecified atom stereocenters. The van der Waals surface area contributed by atoms with E-state index >= 15 is 0 Å². The van der Waals surface area contributed by atoms with Crippen LogP contribution in [0.5, 0.6) is 0 Å². The van der Waals surface area contributed by atoms with E-state index in [1.807, 2.05) is 36.4 Å². The van der Waals surface area contributed by atoms with Crippen molar-refractivity contribution in [2.45, 2.75) is 25.2 Å². The Bertz CT molecular complexity index is 1020. The number of rotatable bonds is 5. The molecular formula is C21H19N3O2S. The SMILES string of the molecule is CC(=O)c1cnc(C2(c3ccc(C(=O)Nc4ccccc4N)cc3)CC2)s1. The molecular weight excluding hydrogens is 358 g/mol. The highest BCUT2D eigenvalue weighted by atomic mass is 32.1. The summed E-state index contributed by atoms with van der Waals surface area (Å²) in [6.45, 7) is 1.56. The van der Waals surface area contributed by atoms with Gasteiger partial charge in [-0.2, -0.15) is 0 Å². The maximum absolute atomic E-state index is 12.5. The van der Waals surface area contributed by atoms with Crippen molar-refractivity contribution in [1.82, 2.24) is 4.98 Å². The van der Waals surface area contributed by atoms with E-state index in [4.69, 9.17) is 5.73 Å². The highest BCUT2D eigenvalue weighted by Gasteiger charge is 2.48. The summed E-state index contributed by atoms with van der Waals surface area (Å²) >= 11 is 1.47. The van der Waals surface area contributed by atoms with Crippen LogP contribution in [0, 0.1) is 0 Å². The van der Waals surface area contributed by atoms with Crippen LogP contribution in [0.2, 0.25) is 0 Å². The lowest BCUT2D eigenvalue weighted by Crippen LogP contribution is -2.14. The van der Waals surface area contributed by atoms with Gasteiger partial charge in [-0.15, -0.1) is 11.3 Å². The third-order valence-corrected chi connectivity index (χ3v) is 6.22. The van der Waals surface area contributed by atoms with Gasteiger partial charge in [-0.3, -0.25) is 9.59 Å². The first kappa shape index (κ1) is 17.4. The van der Waals surface area contributed by atoms with Gasteiger partial charge in [0.2, 0.25) is 0 Å². The minimum atomic E-state index is -0.197. The van der Waals surface area contributed by atoms with Gasteiger partial charge in [0.05, 0.1) is 16.3 Å². The van der Waals surface area contributed by atoms with Crippen molar-refractivity contribution in [2.24, 2.45) is 0 Å². The van der Waals surface area contributed by atoms with E-state index in [2.05, 4.69) is 10.3 Å². The van der Waals surface area contributed by atoms with Crippen LogP contribution in [-0.4, -0.2) is 16.7 Å². The number of amides is 1. The Labute approximate surface area is 161 Å².